The molecule has 0 spiro atoms. The predicted octanol–water partition coefficient (Wildman–Crippen LogP) is 4.23. The van der Waals surface area contributed by atoms with Gasteiger partial charge in [0.1, 0.15) is 6.54 Å². The van der Waals surface area contributed by atoms with Gasteiger partial charge in [0.25, 0.3) is 0 Å². The van der Waals surface area contributed by atoms with Crippen molar-refractivity contribution < 1.29 is 14.4 Å². The summed E-state index contributed by atoms with van der Waals surface area (Å²) in [4.78, 5) is 43.5. The lowest BCUT2D eigenvalue weighted by Gasteiger charge is -2.37. The molecule has 1 saturated carbocycles. The number of hydrogen-bond donors (Lipinski definition) is 2. The number of anilines is 2. The van der Waals surface area contributed by atoms with Gasteiger partial charge in [0.05, 0.1) is 0 Å². The van der Waals surface area contributed by atoms with E-state index in [-0.39, 0.29) is 24.4 Å². The van der Waals surface area contributed by atoms with E-state index in [4.69, 9.17) is 0 Å². The van der Waals surface area contributed by atoms with Gasteiger partial charge in [0.15, 0.2) is 0 Å². The second-order valence-corrected chi connectivity index (χ2v) is 9.94. The fourth-order valence-corrected chi connectivity index (χ4v) is 5.07. The van der Waals surface area contributed by atoms with Crippen molar-refractivity contribution in [2.75, 3.05) is 42.9 Å². The molecule has 4 rings (SSSR count). The first kappa shape index (κ1) is 26.5. The normalized spacial score (nSPS) is 16.2. The highest BCUT2D eigenvalue weighted by molar-refractivity contribution is 5.94. The van der Waals surface area contributed by atoms with E-state index in [0.29, 0.717) is 37.8 Å². The quantitative estimate of drug-likeness (QED) is 0.562. The number of urea groups is 1. The zero-order valence-corrected chi connectivity index (χ0v) is 21.8. The van der Waals surface area contributed by atoms with Crippen molar-refractivity contribution in [3.8, 4) is 0 Å². The molecule has 8 nitrogen and oxygen atoms in total. The zero-order chi connectivity index (χ0) is 26.0. The van der Waals surface area contributed by atoms with Gasteiger partial charge in [-0.2, -0.15) is 0 Å². The van der Waals surface area contributed by atoms with Gasteiger partial charge >= 0.3 is 6.03 Å². The Morgan fingerprint density at radius 2 is 1.57 bits per heavy atom. The molecule has 0 aromatic heterocycles. The van der Waals surface area contributed by atoms with Crippen LogP contribution in [0.15, 0.2) is 54.6 Å². The average molecular weight is 506 g/mol. The maximum Gasteiger partial charge on any atom is 0.317 e. The van der Waals surface area contributed by atoms with E-state index in [1.54, 1.807) is 11.8 Å². The number of amides is 4. The lowest BCUT2D eigenvalue weighted by molar-refractivity contribution is -0.135. The largest absolute Gasteiger partial charge is 0.368 e. The third-order valence-corrected chi connectivity index (χ3v) is 7.22. The molecule has 2 aromatic carbocycles. The number of hydrogen-bond acceptors (Lipinski definition) is 4. The molecule has 0 bridgehead atoms. The minimum atomic E-state index is -0.219. The Labute approximate surface area is 220 Å². The molecule has 37 heavy (non-hydrogen) atoms. The Balaban J connectivity index is 1.25. The number of rotatable bonds is 8. The van der Waals surface area contributed by atoms with Gasteiger partial charge in [0.2, 0.25) is 11.8 Å². The van der Waals surface area contributed by atoms with Crippen LogP contribution in [0.1, 0.15) is 51.0 Å². The fraction of sp³-hybridized carbons (Fsp3) is 0.483. The van der Waals surface area contributed by atoms with Crippen LogP contribution in [-0.4, -0.2) is 66.4 Å². The number of nitrogens with zero attached hydrogens (tertiary/aromatic N) is 3. The third-order valence-electron chi connectivity index (χ3n) is 7.22. The molecule has 2 N–H and O–H groups in total. The second kappa shape index (κ2) is 13.1. The van der Waals surface area contributed by atoms with Gasteiger partial charge in [-0.15, -0.1) is 0 Å². The number of carbonyl (C=O) groups is 3. The summed E-state index contributed by atoms with van der Waals surface area (Å²) in [6, 6.07) is 17.8. The molecule has 198 valence electrons. The summed E-state index contributed by atoms with van der Waals surface area (Å²) >= 11 is 0. The molecule has 2 aliphatic rings. The highest BCUT2D eigenvalue weighted by atomic mass is 16.2. The predicted molar refractivity (Wildman–Crippen MR) is 146 cm³/mol. The Morgan fingerprint density at radius 3 is 2.22 bits per heavy atom. The Kier molecular flexibility index (Phi) is 9.40. The van der Waals surface area contributed by atoms with Crippen molar-refractivity contribution in [1.29, 1.82) is 0 Å². The smallest absolute Gasteiger partial charge is 0.317 e. The lowest BCUT2D eigenvalue weighted by Crippen LogP contribution is -2.53. The van der Waals surface area contributed by atoms with Crippen molar-refractivity contribution in [3.63, 3.8) is 0 Å². The van der Waals surface area contributed by atoms with Crippen molar-refractivity contribution in [2.24, 2.45) is 0 Å². The summed E-state index contributed by atoms with van der Waals surface area (Å²) in [6.07, 6.45) is 6.22. The summed E-state index contributed by atoms with van der Waals surface area (Å²) in [5, 5.41) is 6.13. The van der Waals surface area contributed by atoms with Gasteiger partial charge in [-0.3, -0.25) is 9.59 Å². The van der Waals surface area contributed by atoms with Crippen LogP contribution < -0.4 is 15.5 Å². The molecular formula is C29H39N5O3. The van der Waals surface area contributed by atoms with Crippen LogP contribution >= 0.6 is 0 Å². The molecule has 0 atom stereocenters. The maximum atomic E-state index is 12.7. The van der Waals surface area contributed by atoms with Crippen LogP contribution in [0.3, 0.4) is 0 Å². The Bertz CT molecular complexity index is 1030. The number of benzene rings is 2. The van der Waals surface area contributed by atoms with Gasteiger partial charge < -0.3 is 25.3 Å². The molecule has 4 amide bonds. The lowest BCUT2D eigenvalue weighted by atomic mass is 9.96. The summed E-state index contributed by atoms with van der Waals surface area (Å²) in [5.74, 6) is -0.274. The monoisotopic (exact) mass is 505 g/mol. The summed E-state index contributed by atoms with van der Waals surface area (Å²) in [5.41, 5.74) is 2.76. The Hall–Kier alpha value is -3.55. The SMILES string of the molecule is CCC(=O)N(CC(=O)Nc1ccc(N2CCN(C(=O)NC3CCCCC3)CC2)cc1)Cc1ccccc1. The van der Waals surface area contributed by atoms with Gasteiger partial charge in [0, 0.05) is 56.6 Å². The summed E-state index contributed by atoms with van der Waals surface area (Å²) in [7, 11) is 0. The second-order valence-electron chi connectivity index (χ2n) is 9.94. The number of carbonyl (C=O) groups excluding carboxylic acids is 3. The van der Waals surface area contributed by atoms with E-state index in [0.717, 1.165) is 37.2 Å². The molecular weight excluding hydrogens is 466 g/mol. The van der Waals surface area contributed by atoms with Gasteiger partial charge in [-0.1, -0.05) is 56.5 Å². The van der Waals surface area contributed by atoms with Crippen LogP contribution in [0.2, 0.25) is 0 Å². The molecule has 1 saturated heterocycles. The molecule has 0 radical (unpaired) electrons. The minimum absolute atomic E-state index is 0.00813. The van der Waals surface area contributed by atoms with Crippen molar-refractivity contribution in [1.82, 2.24) is 15.1 Å². The first-order chi connectivity index (χ1) is 18.0. The van der Waals surface area contributed by atoms with E-state index in [9.17, 15) is 14.4 Å². The number of nitrogens with one attached hydrogen (secondary N) is 2. The first-order valence-electron chi connectivity index (χ1n) is 13.5. The van der Waals surface area contributed by atoms with Crippen LogP contribution in [0.25, 0.3) is 0 Å². The standard InChI is InChI=1S/C29H39N5O3/c1-2-28(36)34(21-23-9-5-3-6-10-23)22-27(35)30-25-13-15-26(16-14-25)32-17-19-33(20-18-32)29(37)31-24-11-7-4-8-12-24/h3,5-6,9-10,13-16,24H,2,4,7-8,11-12,17-22H2,1H3,(H,30,35)(H,31,37). The summed E-state index contributed by atoms with van der Waals surface area (Å²) in [6.45, 7) is 5.16. The summed E-state index contributed by atoms with van der Waals surface area (Å²) < 4.78 is 0. The highest BCUT2D eigenvalue weighted by Gasteiger charge is 2.24. The van der Waals surface area contributed by atoms with E-state index in [1.165, 1.54) is 19.3 Å². The van der Waals surface area contributed by atoms with Gasteiger partial charge in [-0.25, -0.2) is 4.79 Å². The van der Waals surface area contributed by atoms with Crippen molar-refractivity contribution >= 4 is 29.2 Å². The molecule has 1 aliphatic carbocycles. The molecule has 1 heterocycles. The molecule has 8 heteroatoms. The van der Waals surface area contributed by atoms with E-state index >= 15 is 0 Å². The van der Waals surface area contributed by atoms with E-state index in [2.05, 4.69) is 15.5 Å². The van der Waals surface area contributed by atoms with Crippen LogP contribution in [0.5, 0.6) is 0 Å². The first-order valence-corrected chi connectivity index (χ1v) is 13.5. The van der Waals surface area contributed by atoms with Crippen LogP contribution in [-0.2, 0) is 16.1 Å². The zero-order valence-electron chi connectivity index (χ0n) is 21.8. The van der Waals surface area contributed by atoms with Crippen molar-refractivity contribution in [3.05, 3.63) is 60.2 Å². The van der Waals surface area contributed by atoms with E-state index in [1.807, 2.05) is 59.5 Å². The molecule has 1 aliphatic heterocycles. The van der Waals surface area contributed by atoms with E-state index < -0.39 is 0 Å². The van der Waals surface area contributed by atoms with Gasteiger partial charge in [-0.05, 0) is 42.7 Å². The molecule has 2 fully saturated rings. The van der Waals surface area contributed by atoms with Crippen LogP contribution in [0, 0.1) is 0 Å². The maximum absolute atomic E-state index is 12.7. The topological polar surface area (TPSA) is 85.0 Å². The minimum Gasteiger partial charge on any atom is -0.368 e. The van der Waals surface area contributed by atoms with Crippen LogP contribution in [0.4, 0.5) is 16.2 Å². The Morgan fingerprint density at radius 1 is 0.892 bits per heavy atom. The fourth-order valence-electron chi connectivity index (χ4n) is 5.07. The molecule has 0 unspecified atom stereocenters. The van der Waals surface area contributed by atoms with Crippen molar-refractivity contribution in [2.45, 2.75) is 58.0 Å². The third kappa shape index (κ3) is 7.71. The average Bonchev–Trinajstić information content (AvgIpc) is 2.94. The highest BCUT2D eigenvalue weighted by Crippen LogP contribution is 2.21. The number of piperazine rings is 1. The molecule has 2 aromatic rings.